The Morgan fingerprint density at radius 2 is 2.00 bits per heavy atom. The number of nitro benzene ring substituents is 1. The van der Waals surface area contributed by atoms with Crippen molar-refractivity contribution >= 4 is 33.8 Å². The summed E-state index contributed by atoms with van der Waals surface area (Å²) >= 11 is 5.93. The average Bonchev–Trinajstić information content (AvgIpc) is 2.43. The molecule has 8 heteroatoms. The van der Waals surface area contributed by atoms with Crippen LogP contribution < -0.4 is 5.73 Å². The number of hydrogen-bond acceptors (Lipinski definition) is 4. The summed E-state index contributed by atoms with van der Waals surface area (Å²) in [5.41, 5.74) is 6.19. The van der Waals surface area contributed by atoms with Crippen LogP contribution in [0, 0.1) is 15.9 Å². The molecule has 0 heterocycles. The van der Waals surface area contributed by atoms with Gasteiger partial charge in [-0.05, 0) is 29.8 Å². The van der Waals surface area contributed by atoms with E-state index >= 15 is 0 Å². The van der Waals surface area contributed by atoms with E-state index < -0.39 is 21.5 Å². The largest absolute Gasteiger partial charge is 0.398 e. The maximum absolute atomic E-state index is 13.2. The van der Waals surface area contributed by atoms with Crippen molar-refractivity contribution in [2.24, 2.45) is 0 Å². The highest BCUT2D eigenvalue weighted by atomic mass is 35.5. The number of rotatable bonds is 4. The van der Waals surface area contributed by atoms with Crippen molar-refractivity contribution < 1.29 is 13.5 Å². The molecule has 1 unspecified atom stereocenters. The highest BCUT2D eigenvalue weighted by Crippen LogP contribution is 2.26. The minimum atomic E-state index is -1.60. The Hall–Kier alpha value is -1.99. The molecule has 0 radical (unpaired) electrons. The maximum Gasteiger partial charge on any atom is 0.270 e. The summed E-state index contributed by atoms with van der Waals surface area (Å²) in [5.74, 6) is -0.549. The molecule has 0 amide bonds. The van der Waals surface area contributed by atoms with Gasteiger partial charge in [-0.25, -0.2) is 4.39 Å². The van der Waals surface area contributed by atoms with Gasteiger partial charge >= 0.3 is 0 Å². The van der Waals surface area contributed by atoms with E-state index in [9.17, 15) is 18.7 Å². The lowest BCUT2D eigenvalue weighted by atomic mass is 10.2. The molecule has 2 rings (SSSR count). The molecule has 0 saturated carbocycles. The van der Waals surface area contributed by atoms with Crippen molar-refractivity contribution in [1.82, 2.24) is 0 Å². The monoisotopic (exact) mass is 328 g/mol. The van der Waals surface area contributed by atoms with E-state index in [0.29, 0.717) is 5.56 Å². The number of non-ortho nitro benzene ring substituents is 1. The first-order valence-electron chi connectivity index (χ1n) is 5.74. The van der Waals surface area contributed by atoms with Gasteiger partial charge in [0.1, 0.15) is 5.82 Å². The van der Waals surface area contributed by atoms with Gasteiger partial charge in [0.15, 0.2) is 0 Å². The predicted molar refractivity (Wildman–Crippen MR) is 79.0 cm³/mol. The van der Waals surface area contributed by atoms with Gasteiger partial charge < -0.3 is 5.73 Å². The number of nitro groups is 1. The molecule has 2 N–H and O–H groups in total. The van der Waals surface area contributed by atoms with Crippen LogP contribution in [-0.4, -0.2) is 9.13 Å². The fraction of sp³-hybridized carbons (Fsp3) is 0.0769. The lowest BCUT2D eigenvalue weighted by molar-refractivity contribution is -0.384. The number of nitrogens with two attached hydrogens (primary N) is 1. The Morgan fingerprint density at radius 3 is 2.62 bits per heavy atom. The quantitative estimate of drug-likeness (QED) is 0.530. The first-order valence-corrected chi connectivity index (χ1v) is 7.44. The molecule has 110 valence electrons. The minimum absolute atomic E-state index is 0.00944. The lowest BCUT2D eigenvalue weighted by Gasteiger charge is -2.07. The van der Waals surface area contributed by atoms with Gasteiger partial charge in [0.2, 0.25) is 0 Å². The molecular formula is C13H10ClFN2O3S. The Kier molecular flexibility index (Phi) is 4.54. The molecule has 0 aliphatic heterocycles. The summed E-state index contributed by atoms with van der Waals surface area (Å²) in [6.07, 6.45) is 0. The lowest BCUT2D eigenvalue weighted by Crippen LogP contribution is -2.02. The second-order valence-electron chi connectivity index (χ2n) is 4.20. The van der Waals surface area contributed by atoms with E-state index in [1.807, 2.05) is 0 Å². The van der Waals surface area contributed by atoms with E-state index in [4.69, 9.17) is 17.3 Å². The molecule has 0 aliphatic carbocycles. The number of anilines is 1. The van der Waals surface area contributed by atoms with Crippen LogP contribution in [0.5, 0.6) is 0 Å². The molecule has 21 heavy (non-hydrogen) atoms. The fourth-order valence-electron chi connectivity index (χ4n) is 1.69. The molecule has 0 saturated heterocycles. The van der Waals surface area contributed by atoms with Crippen molar-refractivity contribution in [2.75, 3.05) is 5.73 Å². The molecule has 2 aromatic carbocycles. The number of nitrogens with zero attached hydrogens (tertiary/aromatic N) is 1. The zero-order chi connectivity index (χ0) is 15.6. The second-order valence-corrected chi connectivity index (χ2v) is 6.03. The van der Waals surface area contributed by atoms with Gasteiger partial charge in [-0.3, -0.25) is 14.3 Å². The molecule has 1 atom stereocenters. The number of hydrogen-bond donors (Lipinski definition) is 1. The molecule has 0 aromatic heterocycles. The fourth-order valence-corrected chi connectivity index (χ4v) is 3.28. The van der Waals surface area contributed by atoms with E-state index in [1.165, 1.54) is 30.3 Å². The van der Waals surface area contributed by atoms with Crippen molar-refractivity contribution in [3.8, 4) is 0 Å². The highest BCUT2D eigenvalue weighted by molar-refractivity contribution is 7.84. The normalized spacial score (nSPS) is 12.1. The molecule has 0 fully saturated rings. The Bertz CT molecular complexity index is 739. The van der Waals surface area contributed by atoms with Crippen molar-refractivity contribution in [3.05, 3.63) is 62.9 Å². The number of nitrogen functional groups attached to an aromatic ring is 1. The van der Waals surface area contributed by atoms with Crippen LogP contribution in [-0.2, 0) is 16.6 Å². The molecule has 5 nitrogen and oxygen atoms in total. The maximum atomic E-state index is 13.2. The summed E-state index contributed by atoms with van der Waals surface area (Å²) in [6, 6.07) is 7.49. The Balaban J connectivity index is 2.27. The Morgan fingerprint density at radius 1 is 1.29 bits per heavy atom. The van der Waals surface area contributed by atoms with Gasteiger partial charge in [-0.2, -0.15) is 0 Å². The SMILES string of the molecule is Nc1ccc(F)cc1S(=O)Cc1ccc([N+](=O)[O-])cc1Cl. The van der Waals surface area contributed by atoms with E-state index in [1.54, 1.807) is 0 Å². The second kappa shape index (κ2) is 6.19. The van der Waals surface area contributed by atoms with Crippen molar-refractivity contribution in [2.45, 2.75) is 10.6 Å². The van der Waals surface area contributed by atoms with Crippen LogP contribution in [0.25, 0.3) is 0 Å². The summed E-state index contributed by atoms with van der Waals surface area (Å²) in [7, 11) is -1.60. The standard InChI is InChI=1S/C13H10ClFN2O3S/c14-11-6-10(17(18)19)3-1-8(11)7-21(20)13-5-9(15)2-4-12(13)16/h1-6H,7,16H2. The van der Waals surface area contributed by atoms with E-state index in [-0.39, 0.29) is 27.0 Å². The minimum Gasteiger partial charge on any atom is -0.398 e. The van der Waals surface area contributed by atoms with Crippen LogP contribution in [0.15, 0.2) is 41.3 Å². The topological polar surface area (TPSA) is 86.2 Å². The number of benzene rings is 2. The molecule has 0 spiro atoms. The van der Waals surface area contributed by atoms with Gasteiger partial charge in [0.05, 0.1) is 31.4 Å². The van der Waals surface area contributed by atoms with Gasteiger partial charge in [-0.15, -0.1) is 0 Å². The number of halogens is 2. The molecule has 0 bridgehead atoms. The summed E-state index contributed by atoms with van der Waals surface area (Å²) in [5, 5.41) is 10.8. The van der Waals surface area contributed by atoms with Gasteiger partial charge in [0, 0.05) is 17.8 Å². The van der Waals surface area contributed by atoms with Crippen molar-refractivity contribution in [1.29, 1.82) is 0 Å². The van der Waals surface area contributed by atoms with Crippen LogP contribution >= 0.6 is 11.6 Å². The summed E-state index contributed by atoms with van der Waals surface area (Å²) < 4.78 is 25.4. The highest BCUT2D eigenvalue weighted by Gasteiger charge is 2.14. The van der Waals surface area contributed by atoms with Crippen LogP contribution in [0.4, 0.5) is 15.8 Å². The first-order chi connectivity index (χ1) is 9.88. The third-order valence-corrected chi connectivity index (χ3v) is 4.52. The Labute approximate surface area is 127 Å². The molecular weight excluding hydrogens is 319 g/mol. The summed E-state index contributed by atoms with van der Waals surface area (Å²) in [6.45, 7) is 0. The van der Waals surface area contributed by atoms with Crippen LogP contribution in [0.1, 0.15) is 5.56 Å². The average molecular weight is 329 g/mol. The third kappa shape index (κ3) is 3.56. The predicted octanol–water partition coefficient (Wildman–Crippen LogP) is 3.28. The molecule has 2 aromatic rings. The third-order valence-electron chi connectivity index (χ3n) is 2.75. The van der Waals surface area contributed by atoms with Crippen LogP contribution in [0.2, 0.25) is 5.02 Å². The molecule has 0 aliphatic rings. The van der Waals surface area contributed by atoms with Crippen molar-refractivity contribution in [3.63, 3.8) is 0 Å². The summed E-state index contributed by atoms with van der Waals surface area (Å²) in [4.78, 5) is 10.2. The van der Waals surface area contributed by atoms with E-state index in [2.05, 4.69) is 0 Å². The van der Waals surface area contributed by atoms with Gasteiger partial charge in [0.25, 0.3) is 5.69 Å². The van der Waals surface area contributed by atoms with Gasteiger partial charge in [-0.1, -0.05) is 11.6 Å². The zero-order valence-electron chi connectivity index (χ0n) is 10.6. The van der Waals surface area contributed by atoms with Crippen LogP contribution in [0.3, 0.4) is 0 Å². The first kappa shape index (κ1) is 15.4. The smallest absolute Gasteiger partial charge is 0.270 e. The van der Waals surface area contributed by atoms with E-state index in [0.717, 1.165) is 6.07 Å². The zero-order valence-corrected chi connectivity index (χ0v) is 12.2.